The van der Waals surface area contributed by atoms with Gasteiger partial charge in [-0.2, -0.15) is 0 Å². The molecule has 0 spiro atoms. The number of methoxy groups -OCH3 is 1. The Bertz CT molecular complexity index is 921. The fourth-order valence-corrected chi connectivity index (χ4v) is 4.68. The third kappa shape index (κ3) is 2.43. The molecule has 1 aromatic heterocycles. The van der Waals surface area contributed by atoms with Crippen LogP contribution >= 0.6 is 0 Å². The van der Waals surface area contributed by atoms with Gasteiger partial charge in [-0.15, -0.1) is 0 Å². The number of carbonyl (C=O) groups is 3. The lowest BCUT2D eigenvalue weighted by Gasteiger charge is -2.27. The number of benzene rings is 1. The lowest BCUT2D eigenvalue weighted by atomic mass is 9.78. The molecule has 0 saturated carbocycles. The first-order chi connectivity index (χ1) is 13.4. The molecule has 7 heteroatoms. The molecule has 2 aliphatic rings. The molecule has 2 amide bonds. The highest BCUT2D eigenvalue weighted by molar-refractivity contribution is 6.23. The summed E-state index contributed by atoms with van der Waals surface area (Å²) < 4.78 is 10.6. The Labute approximate surface area is 162 Å². The number of esters is 1. The lowest BCUT2D eigenvalue weighted by molar-refractivity contribution is -0.735. The highest BCUT2D eigenvalue weighted by Crippen LogP contribution is 2.46. The minimum Gasteiger partial charge on any atom is -0.464 e. The van der Waals surface area contributed by atoms with Gasteiger partial charge in [-0.05, 0) is 31.2 Å². The summed E-state index contributed by atoms with van der Waals surface area (Å²) in [6.07, 6.45) is 1.89. The molecule has 146 valence electrons. The Kier molecular flexibility index (Phi) is 4.34. The maximum Gasteiger partial charge on any atom is 0.368 e. The van der Waals surface area contributed by atoms with E-state index >= 15 is 0 Å². The number of quaternary nitrogens is 1. The maximum atomic E-state index is 13.4. The number of carbonyl (C=O) groups excluding carboxylic acids is 3. The Morgan fingerprint density at radius 1 is 1.21 bits per heavy atom. The van der Waals surface area contributed by atoms with Crippen molar-refractivity contribution in [1.82, 2.24) is 0 Å². The number of amides is 2. The second kappa shape index (κ2) is 6.60. The van der Waals surface area contributed by atoms with E-state index < -0.39 is 29.4 Å². The van der Waals surface area contributed by atoms with Gasteiger partial charge in [0.2, 0.25) is 17.4 Å². The van der Waals surface area contributed by atoms with E-state index in [9.17, 15) is 14.4 Å². The molecular formula is C21H23N2O5+. The Morgan fingerprint density at radius 3 is 2.50 bits per heavy atom. The van der Waals surface area contributed by atoms with Gasteiger partial charge >= 0.3 is 5.97 Å². The highest BCUT2D eigenvalue weighted by Gasteiger charge is 2.72. The molecule has 2 aliphatic heterocycles. The van der Waals surface area contributed by atoms with E-state index in [1.54, 1.807) is 29.6 Å². The topological polar surface area (TPSA) is 93.4 Å². The summed E-state index contributed by atoms with van der Waals surface area (Å²) in [5.41, 5.74) is 0.383. The van der Waals surface area contributed by atoms with E-state index in [4.69, 9.17) is 9.15 Å². The number of ether oxygens (including phenoxy) is 1. The first-order valence-electron chi connectivity index (χ1n) is 9.37. The molecule has 0 bridgehead atoms. The lowest BCUT2D eigenvalue weighted by Crippen LogP contribution is -2.98. The van der Waals surface area contributed by atoms with E-state index in [1.807, 2.05) is 26.0 Å². The standard InChI is InChI=1S/C21H22N2O5/c1-4-21(20(26)27-3)16-15(17(22-21)14-6-5-11-28-14)18(24)23(19(16)25)13-9-7-12(2)8-10-13/h5-11,15-17,22H,4H2,1-3H3/p+1/t15-,16+,17-,21-/m0/s1. The molecule has 4 atom stereocenters. The van der Waals surface area contributed by atoms with Gasteiger partial charge < -0.3 is 14.5 Å². The van der Waals surface area contributed by atoms with Crippen LogP contribution in [0.5, 0.6) is 0 Å². The first kappa shape index (κ1) is 18.4. The number of imide groups is 1. The Morgan fingerprint density at radius 2 is 1.93 bits per heavy atom. The van der Waals surface area contributed by atoms with Gasteiger partial charge in [0, 0.05) is 6.42 Å². The van der Waals surface area contributed by atoms with Crippen LogP contribution in [0.2, 0.25) is 0 Å². The SMILES string of the molecule is CC[C@]1(C(=O)OC)[NH2+][C@@H](c2ccco2)[C@H]2C(=O)N(c3ccc(C)cc3)C(=O)[C@@H]21. The third-order valence-corrected chi connectivity index (χ3v) is 6.08. The van der Waals surface area contributed by atoms with Crippen LogP contribution < -0.4 is 10.2 Å². The van der Waals surface area contributed by atoms with Crippen molar-refractivity contribution in [3.05, 3.63) is 54.0 Å². The van der Waals surface area contributed by atoms with Crippen LogP contribution in [0, 0.1) is 18.8 Å². The van der Waals surface area contributed by atoms with Gasteiger partial charge in [-0.25, -0.2) is 9.69 Å². The quantitative estimate of drug-likeness (QED) is 0.635. The van der Waals surface area contributed by atoms with E-state index in [2.05, 4.69) is 0 Å². The molecule has 2 N–H and O–H groups in total. The van der Waals surface area contributed by atoms with Crippen LogP contribution in [-0.2, 0) is 19.1 Å². The molecule has 2 fully saturated rings. The van der Waals surface area contributed by atoms with Crippen molar-refractivity contribution in [3.8, 4) is 0 Å². The molecule has 2 aromatic rings. The van der Waals surface area contributed by atoms with Gasteiger partial charge in [0.15, 0.2) is 11.8 Å². The van der Waals surface area contributed by atoms with Crippen LogP contribution in [0.3, 0.4) is 0 Å². The number of anilines is 1. The maximum absolute atomic E-state index is 13.4. The average molecular weight is 383 g/mol. The minimum absolute atomic E-state index is 0.310. The van der Waals surface area contributed by atoms with Gasteiger partial charge in [0.25, 0.3) is 0 Å². The van der Waals surface area contributed by atoms with Crippen molar-refractivity contribution in [3.63, 3.8) is 0 Å². The van der Waals surface area contributed by atoms with Crippen LogP contribution in [0.4, 0.5) is 5.69 Å². The number of hydrogen-bond donors (Lipinski definition) is 1. The fourth-order valence-electron chi connectivity index (χ4n) is 4.68. The molecule has 0 radical (unpaired) electrons. The van der Waals surface area contributed by atoms with Crippen LogP contribution in [0.1, 0.15) is 30.7 Å². The molecule has 7 nitrogen and oxygen atoms in total. The number of rotatable bonds is 4. The summed E-state index contributed by atoms with van der Waals surface area (Å²) in [5, 5.41) is 1.79. The molecule has 28 heavy (non-hydrogen) atoms. The van der Waals surface area contributed by atoms with Gasteiger partial charge in [0.05, 0.1) is 19.1 Å². The summed E-state index contributed by atoms with van der Waals surface area (Å²) in [4.78, 5) is 40.8. The summed E-state index contributed by atoms with van der Waals surface area (Å²) in [6, 6.07) is 10.3. The van der Waals surface area contributed by atoms with E-state index in [-0.39, 0.29) is 11.8 Å². The number of nitrogens with two attached hydrogens (primary N) is 1. The number of hydrogen-bond acceptors (Lipinski definition) is 5. The van der Waals surface area contributed by atoms with Crippen molar-refractivity contribution >= 4 is 23.5 Å². The molecule has 2 saturated heterocycles. The minimum atomic E-state index is -1.16. The number of nitrogens with zero attached hydrogens (tertiary/aromatic N) is 1. The summed E-state index contributed by atoms with van der Waals surface area (Å²) >= 11 is 0. The zero-order valence-corrected chi connectivity index (χ0v) is 16.0. The molecule has 0 aliphatic carbocycles. The van der Waals surface area contributed by atoms with Crippen molar-refractivity contribution < 1.29 is 28.9 Å². The Balaban J connectivity index is 1.84. The molecule has 1 aromatic carbocycles. The second-order valence-electron chi connectivity index (χ2n) is 7.44. The summed E-state index contributed by atoms with van der Waals surface area (Å²) in [7, 11) is 1.31. The zero-order chi connectivity index (χ0) is 20.1. The summed E-state index contributed by atoms with van der Waals surface area (Å²) in [6.45, 7) is 3.77. The molecule has 4 rings (SSSR count). The van der Waals surface area contributed by atoms with E-state index in [0.29, 0.717) is 17.9 Å². The van der Waals surface area contributed by atoms with Crippen molar-refractivity contribution in [2.24, 2.45) is 11.8 Å². The van der Waals surface area contributed by atoms with Crippen molar-refractivity contribution in [1.29, 1.82) is 0 Å². The number of fused-ring (bicyclic) bond motifs is 1. The smallest absolute Gasteiger partial charge is 0.368 e. The first-order valence-corrected chi connectivity index (χ1v) is 9.37. The number of aryl methyl sites for hydroxylation is 1. The number of furan rings is 1. The largest absolute Gasteiger partial charge is 0.464 e. The fraction of sp³-hybridized carbons (Fsp3) is 0.381. The molecular weight excluding hydrogens is 360 g/mol. The second-order valence-corrected chi connectivity index (χ2v) is 7.44. The van der Waals surface area contributed by atoms with Gasteiger partial charge in [0.1, 0.15) is 11.8 Å². The molecule has 0 unspecified atom stereocenters. The normalized spacial score (nSPS) is 29.2. The van der Waals surface area contributed by atoms with Crippen LogP contribution in [0.25, 0.3) is 0 Å². The van der Waals surface area contributed by atoms with Crippen molar-refractivity contribution in [2.75, 3.05) is 12.0 Å². The van der Waals surface area contributed by atoms with E-state index in [1.165, 1.54) is 18.3 Å². The monoisotopic (exact) mass is 383 g/mol. The zero-order valence-electron chi connectivity index (χ0n) is 16.0. The van der Waals surface area contributed by atoms with Crippen LogP contribution in [-0.4, -0.2) is 30.4 Å². The predicted octanol–water partition coefficient (Wildman–Crippen LogP) is 1.33. The summed E-state index contributed by atoms with van der Waals surface area (Å²) in [5.74, 6) is -2.10. The van der Waals surface area contributed by atoms with E-state index in [0.717, 1.165) is 5.56 Å². The van der Waals surface area contributed by atoms with Crippen LogP contribution in [0.15, 0.2) is 47.1 Å². The predicted molar refractivity (Wildman–Crippen MR) is 99.1 cm³/mol. The van der Waals surface area contributed by atoms with Crippen molar-refractivity contribution in [2.45, 2.75) is 31.8 Å². The average Bonchev–Trinajstić information content (AvgIpc) is 3.39. The third-order valence-electron chi connectivity index (χ3n) is 6.08. The molecule has 3 heterocycles. The van der Waals surface area contributed by atoms with Gasteiger partial charge in [-0.1, -0.05) is 24.6 Å². The van der Waals surface area contributed by atoms with Gasteiger partial charge in [-0.3, -0.25) is 9.59 Å². The Hall–Kier alpha value is -2.93. The highest BCUT2D eigenvalue weighted by atomic mass is 16.5.